The molecule has 0 radical (unpaired) electrons. The zero-order valence-electron chi connectivity index (χ0n) is 14.3. The summed E-state index contributed by atoms with van der Waals surface area (Å²) in [6.45, 7) is 2.66. The molecule has 25 heavy (non-hydrogen) atoms. The second kappa shape index (κ2) is 7.37. The van der Waals surface area contributed by atoms with Crippen molar-refractivity contribution in [2.45, 2.75) is 30.8 Å². The van der Waals surface area contributed by atoms with Crippen molar-refractivity contribution in [2.75, 3.05) is 20.2 Å². The van der Waals surface area contributed by atoms with E-state index >= 15 is 0 Å². The van der Waals surface area contributed by atoms with Gasteiger partial charge in [0.05, 0.1) is 7.11 Å². The van der Waals surface area contributed by atoms with Gasteiger partial charge in [-0.3, -0.25) is 0 Å². The zero-order valence-corrected chi connectivity index (χ0v) is 15.1. The van der Waals surface area contributed by atoms with Gasteiger partial charge in [0.1, 0.15) is 23.1 Å². The largest absolute Gasteiger partial charge is 0.495 e. The predicted molar refractivity (Wildman–Crippen MR) is 92.2 cm³/mol. The summed E-state index contributed by atoms with van der Waals surface area (Å²) in [5, 5.41) is 0. The first-order valence-corrected chi connectivity index (χ1v) is 9.52. The van der Waals surface area contributed by atoms with Crippen LogP contribution in [0.2, 0.25) is 0 Å². The highest BCUT2D eigenvalue weighted by atomic mass is 32.2. The van der Waals surface area contributed by atoms with E-state index < -0.39 is 10.0 Å². The van der Waals surface area contributed by atoms with E-state index in [1.165, 1.54) is 17.7 Å². The Kier molecular flexibility index (Phi) is 5.19. The van der Waals surface area contributed by atoms with E-state index in [0.717, 1.165) is 5.56 Å². The molecule has 0 saturated carbocycles. The van der Waals surface area contributed by atoms with E-state index in [1.807, 2.05) is 13.0 Å². The number of hydrogen-bond donors (Lipinski definition) is 0. The Labute approximate surface area is 147 Å². The molecule has 1 saturated heterocycles. The molecule has 2 aromatic rings. The van der Waals surface area contributed by atoms with Gasteiger partial charge in [0, 0.05) is 25.4 Å². The van der Waals surface area contributed by atoms with E-state index in [-0.39, 0.29) is 11.0 Å². The summed E-state index contributed by atoms with van der Waals surface area (Å²) in [5.41, 5.74) is 0.876. The second-order valence-corrected chi connectivity index (χ2v) is 7.83. The van der Waals surface area contributed by atoms with Gasteiger partial charge < -0.3 is 9.47 Å². The molecule has 3 rings (SSSR count). The van der Waals surface area contributed by atoms with Gasteiger partial charge in [0.15, 0.2) is 0 Å². The van der Waals surface area contributed by atoms with E-state index in [0.29, 0.717) is 37.6 Å². The van der Waals surface area contributed by atoms with Crippen LogP contribution in [0.5, 0.6) is 11.6 Å². The Morgan fingerprint density at radius 1 is 1.20 bits per heavy atom. The van der Waals surface area contributed by atoms with Crippen molar-refractivity contribution in [3.63, 3.8) is 0 Å². The summed E-state index contributed by atoms with van der Waals surface area (Å²) in [6, 6.07) is 6.87. The number of methoxy groups -OCH3 is 1. The highest BCUT2D eigenvalue weighted by Crippen LogP contribution is 2.30. The molecule has 0 amide bonds. The van der Waals surface area contributed by atoms with Crippen molar-refractivity contribution in [3.05, 3.63) is 42.4 Å². The maximum absolute atomic E-state index is 13.0. The number of ether oxygens (including phenoxy) is 2. The molecular formula is C17H21N3O4S. The molecule has 0 unspecified atom stereocenters. The van der Waals surface area contributed by atoms with Gasteiger partial charge >= 0.3 is 0 Å². The van der Waals surface area contributed by atoms with Crippen molar-refractivity contribution in [3.8, 4) is 11.6 Å². The lowest BCUT2D eigenvalue weighted by Gasteiger charge is -2.31. The molecule has 0 spiro atoms. The highest BCUT2D eigenvalue weighted by Gasteiger charge is 2.32. The number of aryl methyl sites for hydroxylation is 1. The minimum atomic E-state index is -3.60. The van der Waals surface area contributed by atoms with Gasteiger partial charge in [-0.15, -0.1) is 0 Å². The summed E-state index contributed by atoms with van der Waals surface area (Å²) in [4.78, 5) is 8.10. The van der Waals surface area contributed by atoms with Crippen LogP contribution in [0.4, 0.5) is 0 Å². The maximum Gasteiger partial charge on any atom is 0.246 e. The molecule has 134 valence electrons. The fourth-order valence-electron chi connectivity index (χ4n) is 2.83. The molecule has 0 aliphatic carbocycles. The van der Waals surface area contributed by atoms with Gasteiger partial charge in [0.2, 0.25) is 15.9 Å². The monoisotopic (exact) mass is 363 g/mol. The van der Waals surface area contributed by atoms with Gasteiger partial charge in [-0.05, 0) is 37.5 Å². The average molecular weight is 363 g/mol. The van der Waals surface area contributed by atoms with Gasteiger partial charge in [-0.25, -0.2) is 18.4 Å². The first-order chi connectivity index (χ1) is 12.0. The minimum absolute atomic E-state index is 0.0549. The highest BCUT2D eigenvalue weighted by molar-refractivity contribution is 7.89. The number of hydrogen-bond acceptors (Lipinski definition) is 6. The molecule has 0 N–H and O–H groups in total. The summed E-state index contributed by atoms with van der Waals surface area (Å²) in [5.74, 6) is 0.876. The number of benzene rings is 1. The Morgan fingerprint density at radius 2 is 1.96 bits per heavy atom. The van der Waals surface area contributed by atoms with Crippen LogP contribution in [0.25, 0.3) is 0 Å². The summed E-state index contributed by atoms with van der Waals surface area (Å²) < 4.78 is 38.4. The van der Waals surface area contributed by atoms with Crippen LogP contribution in [0.15, 0.2) is 41.7 Å². The smallest absolute Gasteiger partial charge is 0.246 e. The molecule has 7 nitrogen and oxygen atoms in total. The van der Waals surface area contributed by atoms with Crippen LogP contribution >= 0.6 is 0 Å². The Morgan fingerprint density at radius 3 is 2.60 bits per heavy atom. The molecule has 2 heterocycles. The lowest BCUT2D eigenvalue weighted by atomic mass is 10.1. The van der Waals surface area contributed by atoms with Crippen molar-refractivity contribution in [1.29, 1.82) is 0 Å². The van der Waals surface area contributed by atoms with Gasteiger partial charge in [0.25, 0.3) is 0 Å². The number of nitrogens with zero attached hydrogens (tertiary/aromatic N) is 3. The number of piperidine rings is 1. The van der Waals surface area contributed by atoms with Crippen LogP contribution in [0, 0.1) is 6.92 Å². The molecule has 0 bridgehead atoms. The minimum Gasteiger partial charge on any atom is -0.495 e. The van der Waals surface area contributed by atoms with Crippen molar-refractivity contribution in [2.24, 2.45) is 0 Å². The molecule has 1 aliphatic heterocycles. The van der Waals surface area contributed by atoms with Crippen LogP contribution in [-0.4, -0.2) is 49.0 Å². The summed E-state index contributed by atoms with van der Waals surface area (Å²) >= 11 is 0. The fraction of sp³-hybridized carbons (Fsp3) is 0.412. The topological polar surface area (TPSA) is 81.6 Å². The molecule has 8 heteroatoms. The Bertz CT molecular complexity index is 819. The third-order valence-electron chi connectivity index (χ3n) is 4.18. The fourth-order valence-corrected chi connectivity index (χ4v) is 4.54. The quantitative estimate of drug-likeness (QED) is 0.808. The van der Waals surface area contributed by atoms with Crippen LogP contribution in [0.1, 0.15) is 18.4 Å². The van der Waals surface area contributed by atoms with Crippen LogP contribution in [0.3, 0.4) is 0 Å². The number of rotatable bonds is 5. The average Bonchev–Trinajstić information content (AvgIpc) is 2.63. The van der Waals surface area contributed by atoms with E-state index in [4.69, 9.17) is 9.47 Å². The molecule has 0 atom stereocenters. The van der Waals surface area contributed by atoms with Gasteiger partial charge in [-0.1, -0.05) is 6.07 Å². The molecular weight excluding hydrogens is 342 g/mol. The molecule has 1 aliphatic rings. The van der Waals surface area contributed by atoms with Crippen molar-refractivity contribution >= 4 is 10.0 Å². The Balaban J connectivity index is 1.71. The summed E-state index contributed by atoms with van der Waals surface area (Å²) in [7, 11) is -2.12. The predicted octanol–water partition coefficient (Wildman–Crippen LogP) is 2.03. The molecule has 1 aromatic heterocycles. The van der Waals surface area contributed by atoms with Crippen molar-refractivity contribution in [1.82, 2.24) is 14.3 Å². The van der Waals surface area contributed by atoms with E-state index in [2.05, 4.69) is 9.97 Å². The Hall–Kier alpha value is -2.19. The second-order valence-electron chi connectivity index (χ2n) is 5.92. The van der Waals surface area contributed by atoms with Crippen LogP contribution < -0.4 is 9.47 Å². The zero-order chi connectivity index (χ0) is 17.9. The standard InChI is InChI=1S/C17H21N3O4S/c1-13-3-4-15(23-2)16(11-13)25(21,22)20-9-6-14(7-10-20)24-17-5-8-18-12-19-17/h3-5,8,11-12,14H,6-7,9-10H2,1-2H3. The third kappa shape index (κ3) is 3.91. The van der Waals surface area contributed by atoms with Crippen LogP contribution in [-0.2, 0) is 10.0 Å². The van der Waals surface area contributed by atoms with E-state index in [1.54, 1.807) is 24.4 Å². The number of aromatic nitrogens is 2. The number of sulfonamides is 1. The summed E-state index contributed by atoms with van der Waals surface area (Å²) in [6.07, 6.45) is 4.21. The SMILES string of the molecule is COc1ccc(C)cc1S(=O)(=O)N1CCC(Oc2ccncn2)CC1. The third-order valence-corrected chi connectivity index (χ3v) is 6.10. The molecule has 1 fully saturated rings. The van der Waals surface area contributed by atoms with Gasteiger partial charge in [-0.2, -0.15) is 4.31 Å². The molecule has 1 aromatic carbocycles. The van der Waals surface area contributed by atoms with E-state index in [9.17, 15) is 8.42 Å². The lowest BCUT2D eigenvalue weighted by Crippen LogP contribution is -2.41. The van der Waals surface area contributed by atoms with Crippen molar-refractivity contribution < 1.29 is 17.9 Å². The first-order valence-electron chi connectivity index (χ1n) is 8.08. The maximum atomic E-state index is 13.0. The lowest BCUT2D eigenvalue weighted by molar-refractivity contribution is 0.129. The normalized spacial score (nSPS) is 16.6. The first kappa shape index (κ1) is 17.6.